The van der Waals surface area contributed by atoms with Gasteiger partial charge in [-0.15, -0.1) is 0 Å². The molecule has 0 saturated carbocycles. The van der Waals surface area contributed by atoms with Crippen LogP contribution in [-0.4, -0.2) is 34.6 Å². The first kappa shape index (κ1) is 21.3. The third-order valence-electron chi connectivity index (χ3n) is 4.79. The molecule has 0 spiro atoms. The quantitative estimate of drug-likeness (QED) is 0.574. The van der Waals surface area contributed by atoms with Gasteiger partial charge < -0.3 is 19.9 Å². The summed E-state index contributed by atoms with van der Waals surface area (Å²) in [7, 11) is 1.29. The van der Waals surface area contributed by atoms with Crippen LogP contribution in [0.2, 0.25) is 0 Å². The van der Waals surface area contributed by atoms with E-state index in [1.54, 1.807) is 29.0 Å². The second-order valence-electron chi connectivity index (χ2n) is 7.08. The summed E-state index contributed by atoms with van der Waals surface area (Å²) >= 11 is 0. The van der Waals surface area contributed by atoms with Crippen LogP contribution in [0.4, 0.5) is 15.8 Å². The first-order valence-electron chi connectivity index (χ1n) is 9.73. The molecule has 158 valence electrons. The second-order valence-corrected chi connectivity index (χ2v) is 7.08. The number of methoxy groups -OCH3 is 1. The molecule has 3 aromatic rings. The van der Waals surface area contributed by atoms with E-state index < -0.39 is 5.97 Å². The van der Waals surface area contributed by atoms with Crippen molar-refractivity contribution in [1.82, 2.24) is 9.55 Å². The molecule has 30 heavy (non-hydrogen) atoms. The van der Waals surface area contributed by atoms with Gasteiger partial charge in [-0.05, 0) is 38.0 Å². The third kappa shape index (κ3) is 4.27. The number of aryl methyl sites for hydroxylation is 1. The largest absolute Gasteiger partial charge is 0.464 e. The molecule has 0 aliphatic rings. The predicted octanol–water partition coefficient (Wildman–Crippen LogP) is 3.98. The Balaban J connectivity index is 1.99. The van der Waals surface area contributed by atoms with Crippen molar-refractivity contribution in [1.29, 1.82) is 0 Å². The van der Waals surface area contributed by atoms with E-state index >= 15 is 0 Å². The molecule has 2 N–H and O–H groups in total. The number of benzene rings is 1. The monoisotopic (exact) mass is 412 g/mol. The minimum absolute atomic E-state index is 0.0706. The molecule has 2 heterocycles. The molecule has 0 unspecified atom stereocenters. The van der Waals surface area contributed by atoms with E-state index in [1.165, 1.54) is 20.1 Å². The fourth-order valence-corrected chi connectivity index (χ4v) is 3.55. The van der Waals surface area contributed by atoms with Gasteiger partial charge in [0.1, 0.15) is 11.5 Å². The Labute approximate surface area is 174 Å². The molecule has 7 nitrogen and oxygen atoms in total. The maximum Gasteiger partial charge on any atom is 0.356 e. The Kier molecular flexibility index (Phi) is 6.34. The van der Waals surface area contributed by atoms with Crippen molar-refractivity contribution in [3.63, 3.8) is 0 Å². The minimum Gasteiger partial charge on any atom is -0.464 e. The summed E-state index contributed by atoms with van der Waals surface area (Å²) < 4.78 is 20.6. The summed E-state index contributed by atoms with van der Waals surface area (Å²) in [6, 6.07) is 8.42. The van der Waals surface area contributed by atoms with Gasteiger partial charge in [-0.2, -0.15) is 0 Å². The van der Waals surface area contributed by atoms with Crippen LogP contribution >= 0.6 is 0 Å². The molecule has 2 aromatic heterocycles. The van der Waals surface area contributed by atoms with Crippen LogP contribution in [0.15, 0.2) is 36.5 Å². The Morgan fingerprint density at radius 2 is 2.03 bits per heavy atom. The van der Waals surface area contributed by atoms with Crippen molar-refractivity contribution in [2.45, 2.75) is 39.8 Å². The van der Waals surface area contributed by atoms with E-state index in [9.17, 15) is 14.0 Å². The zero-order valence-electron chi connectivity index (χ0n) is 17.5. The number of aromatic nitrogens is 2. The number of esters is 1. The van der Waals surface area contributed by atoms with Gasteiger partial charge in [0, 0.05) is 24.9 Å². The zero-order chi connectivity index (χ0) is 21.8. The fourth-order valence-electron chi connectivity index (χ4n) is 3.55. The number of amides is 1. The van der Waals surface area contributed by atoms with Gasteiger partial charge in [0.25, 0.3) is 0 Å². The lowest BCUT2D eigenvalue weighted by Crippen LogP contribution is -2.18. The number of anilines is 2. The maximum absolute atomic E-state index is 13.9. The van der Waals surface area contributed by atoms with Crippen molar-refractivity contribution in [2.24, 2.45) is 0 Å². The first-order chi connectivity index (χ1) is 14.3. The first-order valence-corrected chi connectivity index (χ1v) is 9.73. The van der Waals surface area contributed by atoms with Crippen LogP contribution in [0.5, 0.6) is 0 Å². The Morgan fingerprint density at radius 1 is 1.30 bits per heavy atom. The number of ether oxygens (including phenoxy) is 1. The molecule has 0 saturated heterocycles. The Morgan fingerprint density at radius 3 is 2.67 bits per heavy atom. The number of carbonyl (C=O) groups excluding carboxylic acids is 2. The number of halogens is 1. The third-order valence-corrected chi connectivity index (χ3v) is 4.79. The molecule has 0 radical (unpaired) electrons. The number of pyridine rings is 1. The molecule has 1 atom stereocenters. The summed E-state index contributed by atoms with van der Waals surface area (Å²) in [6.45, 7) is 5.68. The Hall–Kier alpha value is -3.42. The maximum atomic E-state index is 13.9. The van der Waals surface area contributed by atoms with Gasteiger partial charge in [0.15, 0.2) is 5.69 Å². The van der Waals surface area contributed by atoms with Crippen LogP contribution in [-0.2, 0) is 22.5 Å². The second kappa shape index (κ2) is 8.94. The summed E-state index contributed by atoms with van der Waals surface area (Å²) in [4.78, 5) is 28.7. The number of fused-ring (bicyclic) bond motifs is 1. The molecule has 0 aliphatic heterocycles. The van der Waals surface area contributed by atoms with Gasteiger partial charge in [-0.3, -0.25) is 4.79 Å². The van der Waals surface area contributed by atoms with Gasteiger partial charge in [-0.1, -0.05) is 18.2 Å². The molecule has 1 amide bonds. The van der Waals surface area contributed by atoms with Crippen molar-refractivity contribution >= 4 is 34.3 Å². The number of hydrogen-bond acceptors (Lipinski definition) is 5. The summed E-state index contributed by atoms with van der Waals surface area (Å²) in [5, 5.41) is 6.67. The predicted molar refractivity (Wildman–Crippen MR) is 114 cm³/mol. The molecule has 0 aliphatic carbocycles. The normalized spacial score (nSPS) is 11.9. The topological polar surface area (TPSA) is 85.2 Å². The van der Waals surface area contributed by atoms with Gasteiger partial charge in [0.05, 0.1) is 24.7 Å². The van der Waals surface area contributed by atoms with Crippen LogP contribution in [0.1, 0.15) is 36.8 Å². The van der Waals surface area contributed by atoms with E-state index in [4.69, 9.17) is 4.74 Å². The molecule has 3 rings (SSSR count). The summed E-state index contributed by atoms with van der Waals surface area (Å²) in [5.41, 5.74) is 2.49. The van der Waals surface area contributed by atoms with Crippen LogP contribution in [0.3, 0.4) is 0 Å². The number of nitrogens with zero attached hydrogens (tertiary/aromatic N) is 2. The standard InChI is InChI=1S/C22H25FN4O3/c1-5-27-20(22(29)30-4)19(26-14(3)28)17-11-16(12-24-21(17)27)25-13(2)10-15-8-6-7-9-18(15)23/h6-9,11-13,25H,5,10H2,1-4H3,(H,26,28)/t13-/m1/s1. The summed E-state index contributed by atoms with van der Waals surface area (Å²) in [6.07, 6.45) is 2.15. The number of nitrogens with one attached hydrogen (secondary N) is 2. The molecule has 8 heteroatoms. The van der Waals surface area contributed by atoms with E-state index in [0.29, 0.717) is 40.9 Å². The Bertz CT molecular complexity index is 1090. The van der Waals surface area contributed by atoms with Crippen molar-refractivity contribution in [3.05, 3.63) is 53.6 Å². The van der Waals surface area contributed by atoms with E-state index in [0.717, 1.165) is 0 Å². The highest BCUT2D eigenvalue weighted by atomic mass is 19.1. The number of rotatable bonds is 7. The lowest BCUT2D eigenvalue weighted by Gasteiger charge is -2.16. The zero-order valence-corrected chi connectivity index (χ0v) is 17.5. The van der Waals surface area contributed by atoms with Crippen molar-refractivity contribution < 1.29 is 18.7 Å². The molecular weight excluding hydrogens is 387 g/mol. The smallest absolute Gasteiger partial charge is 0.356 e. The highest BCUT2D eigenvalue weighted by molar-refractivity contribution is 6.10. The lowest BCUT2D eigenvalue weighted by atomic mass is 10.1. The number of hydrogen-bond donors (Lipinski definition) is 2. The van der Waals surface area contributed by atoms with E-state index in [1.807, 2.05) is 19.9 Å². The van der Waals surface area contributed by atoms with E-state index in [-0.39, 0.29) is 23.5 Å². The van der Waals surface area contributed by atoms with Crippen molar-refractivity contribution in [2.75, 3.05) is 17.7 Å². The van der Waals surface area contributed by atoms with Crippen LogP contribution < -0.4 is 10.6 Å². The van der Waals surface area contributed by atoms with Gasteiger partial charge >= 0.3 is 5.97 Å². The highest BCUT2D eigenvalue weighted by Crippen LogP contribution is 2.32. The van der Waals surface area contributed by atoms with Crippen LogP contribution in [0.25, 0.3) is 11.0 Å². The summed E-state index contributed by atoms with van der Waals surface area (Å²) in [5.74, 6) is -1.10. The van der Waals surface area contributed by atoms with E-state index in [2.05, 4.69) is 15.6 Å². The number of carbonyl (C=O) groups is 2. The highest BCUT2D eigenvalue weighted by Gasteiger charge is 2.25. The fraction of sp³-hybridized carbons (Fsp3) is 0.318. The minimum atomic E-state index is -0.555. The van der Waals surface area contributed by atoms with Gasteiger partial charge in [-0.25, -0.2) is 14.2 Å². The molecule has 0 fully saturated rings. The molecular formula is C22H25FN4O3. The van der Waals surface area contributed by atoms with Crippen LogP contribution in [0, 0.1) is 5.82 Å². The van der Waals surface area contributed by atoms with Gasteiger partial charge in [0.2, 0.25) is 5.91 Å². The molecule has 1 aromatic carbocycles. The lowest BCUT2D eigenvalue weighted by molar-refractivity contribution is -0.114. The average molecular weight is 412 g/mol. The average Bonchev–Trinajstić information content (AvgIpc) is 3.01. The van der Waals surface area contributed by atoms with Crippen molar-refractivity contribution in [3.8, 4) is 0 Å². The molecule has 0 bridgehead atoms. The SMILES string of the molecule is CCn1c(C(=O)OC)c(NC(C)=O)c2cc(N[C@H](C)Cc3ccccc3F)cnc21.